The van der Waals surface area contributed by atoms with Gasteiger partial charge in [0.25, 0.3) is 0 Å². The number of esters is 4. The number of ether oxygens (including phenoxy) is 6. The molecule has 0 bridgehead atoms. The predicted octanol–water partition coefficient (Wildman–Crippen LogP) is 2.74. The molecule has 224 valence electrons. The van der Waals surface area contributed by atoms with Gasteiger partial charge in [-0.1, -0.05) is 6.07 Å². The lowest BCUT2D eigenvalue weighted by atomic mass is 9.98. The molecule has 4 rings (SSSR count). The highest BCUT2D eigenvalue weighted by atomic mass is 16.7. The fourth-order valence-electron chi connectivity index (χ4n) is 4.27. The van der Waals surface area contributed by atoms with Gasteiger partial charge in [-0.25, -0.2) is 0 Å². The molecule has 3 aromatic rings. The van der Waals surface area contributed by atoms with E-state index in [0.717, 1.165) is 20.8 Å². The lowest BCUT2D eigenvalue weighted by Gasteiger charge is -2.43. The van der Waals surface area contributed by atoms with E-state index >= 15 is 0 Å². The van der Waals surface area contributed by atoms with Crippen LogP contribution in [0.2, 0.25) is 0 Å². The van der Waals surface area contributed by atoms with Crippen molar-refractivity contribution in [3.63, 3.8) is 0 Å². The van der Waals surface area contributed by atoms with Crippen LogP contribution in [-0.4, -0.2) is 71.4 Å². The summed E-state index contributed by atoms with van der Waals surface area (Å²) in [4.78, 5) is 47.4. The van der Waals surface area contributed by atoms with Gasteiger partial charge >= 0.3 is 23.9 Å². The smallest absolute Gasteiger partial charge is 0.303 e. The first-order valence-corrected chi connectivity index (χ1v) is 13.0. The van der Waals surface area contributed by atoms with Gasteiger partial charge in [0.05, 0.1) is 11.6 Å². The summed E-state index contributed by atoms with van der Waals surface area (Å²) in [5.74, 6) is -2.20. The van der Waals surface area contributed by atoms with Crippen molar-refractivity contribution in [2.75, 3.05) is 6.61 Å². The maximum Gasteiger partial charge on any atom is 0.303 e. The molecular formula is C29H27N3O11. The maximum atomic E-state index is 12.0. The zero-order valence-electron chi connectivity index (χ0n) is 23.5. The summed E-state index contributed by atoms with van der Waals surface area (Å²) in [6.45, 7) is 4.20. The molecule has 5 atom stereocenters. The third-order valence-electron chi connectivity index (χ3n) is 5.97. The Morgan fingerprint density at radius 3 is 2.00 bits per heavy atom. The van der Waals surface area contributed by atoms with Crippen LogP contribution in [-0.2, 0) is 42.9 Å². The molecule has 14 heteroatoms. The van der Waals surface area contributed by atoms with Crippen LogP contribution in [0.5, 0.6) is 5.75 Å². The third kappa shape index (κ3) is 7.92. The second-order valence-corrected chi connectivity index (χ2v) is 9.31. The summed E-state index contributed by atoms with van der Waals surface area (Å²) >= 11 is 0. The van der Waals surface area contributed by atoms with Crippen molar-refractivity contribution in [3.8, 4) is 34.7 Å². The summed E-state index contributed by atoms with van der Waals surface area (Å²) in [5.41, 5.74) is 1.58. The fourth-order valence-corrected chi connectivity index (χ4v) is 4.27. The molecule has 1 saturated heterocycles. The van der Waals surface area contributed by atoms with Gasteiger partial charge in [-0.3, -0.25) is 19.2 Å². The van der Waals surface area contributed by atoms with Crippen molar-refractivity contribution >= 4 is 23.9 Å². The third-order valence-corrected chi connectivity index (χ3v) is 5.97. The molecule has 1 fully saturated rings. The van der Waals surface area contributed by atoms with E-state index in [0.29, 0.717) is 16.7 Å². The van der Waals surface area contributed by atoms with Crippen LogP contribution in [0.1, 0.15) is 33.3 Å². The Kier molecular flexibility index (Phi) is 9.68. The highest BCUT2D eigenvalue weighted by molar-refractivity contribution is 5.69. The van der Waals surface area contributed by atoms with Crippen molar-refractivity contribution in [1.29, 1.82) is 5.26 Å². The van der Waals surface area contributed by atoms with Crippen molar-refractivity contribution in [3.05, 3.63) is 54.1 Å². The number of nitrogens with zero attached hydrogens (tertiary/aromatic N) is 3. The summed E-state index contributed by atoms with van der Waals surface area (Å²) in [7, 11) is 0. The van der Waals surface area contributed by atoms with Gasteiger partial charge in [0.2, 0.25) is 24.2 Å². The number of carbonyl (C=O) groups excluding carboxylic acids is 4. The lowest BCUT2D eigenvalue weighted by molar-refractivity contribution is -0.288. The highest BCUT2D eigenvalue weighted by Gasteiger charge is 2.53. The van der Waals surface area contributed by atoms with E-state index in [1.807, 2.05) is 0 Å². The lowest BCUT2D eigenvalue weighted by Crippen LogP contribution is -2.63. The molecule has 0 spiro atoms. The SMILES string of the molecule is CC(=O)OC[C@H]1O[C@@H](Oc2ccc(-c3nnc(-c4cccc(C#N)c4)o3)cc2)[C@H](OC(C)=O)[C@@H](OC(C)=O)[C@@H]1OC(C)=O. The molecule has 0 aliphatic carbocycles. The van der Waals surface area contributed by atoms with Gasteiger partial charge in [0.1, 0.15) is 18.5 Å². The molecule has 2 aromatic carbocycles. The molecule has 0 N–H and O–H groups in total. The Balaban J connectivity index is 1.59. The first-order chi connectivity index (χ1) is 20.5. The Morgan fingerprint density at radius 1 is 0.791 bits per heavy atom. The van der Waals surface area contributed by atoms with E-state index < -0.39 is 54.6 Å². The minimum absolute atomic E-state index is 0.205. The van der Waals surface area contributed by atoms with Gasteiger partial charge < -0.3 is 32.8 Å². The Morgan fingerprint density at radius 2 is 1.40 bits per heavy atom. The molecule has 0 saturated carbocycles. The Bertz CT molecular complexity index is 1530. The molecule has 0 amide bonds. The van der Waals surface area contributed by atoms with Crippen LogP contribution in [0.15, 0.2) is 52.9 Å². The maximum absolute atomic E-state index is 12.0. The number of benzene rings is 2. The van der Waals surface area contributed by atoms with E-state index in [2.05, 4.69) is 16.3 Å². The number of hydrogen-bond donors (Lipinski definition) is 0. The van der Waals surface area contributed by atoms with Crippen molar-refractivity contribution in [1.82, 2.24) is 10.2 Å². The van der Waals surface area contributed by atoms with Gasteiger partial charge in [-0.15, -0.1) is 10.2 Å². The number of rotatable bonds is 9. The predicted molar refractivity (Wildman–Crippen MR) is 142 cm³/mol. The second kappa shape index (κ2) is 13.6. The van der Waals surface area contributed by atoms with Gasteiger partial charge in [-0.05, 0) is 42.5 Å². The summed E-state index contributed by atoms with van der Waals surface area (Å²) in [6, 6.07) is 15.2. The quantitative estimate of drug-likeness (QED) is 0.260. The average molecular weight is 594 g/mol. The number of nitriles is 1. The van der Waals surface area contributed by atoms with Crippen LogP contribution in [0.3, 0.4) is 0 Å². The zero-order valence-corrected chi connectivity index (χ0v) is 23.5. The molecular weight excluding hydrogens is 566 g/mol. The van der Waals surface area contributed by atoms with E-state index in [1.165, 1.54) is 6.92 Å². The van der Waals surface area contributed by atoms with Crippen molar-refractivity contribution < 1.29 is 52.0 Å². The Hall–Kier alpha value is -5.29. The van der Waals surface area contributed by atoms with E-state index in [4.69, 9.17) is 38.1 Å². The molecule has 43 heavy (non-hydrogen) atoms. The van der Waals surface area contributed by atoms with Crippen LogP contribution in [0.25, 0.3) is 22.9 Å². The molecule has 1 aliphatic rings. The highest BCUT2D eigenvalue weighted by Crippen LogP contribution is 2.32. The Labute approximate surface area is 245 Å². The van der Waals surface area contributed by atoms with Crippen molar-refractivity contribution in [2.24, 2.45) is 0 Å². The second-order valence-electron chi connectivity index (χ2n) is 9.31. The molecule has 0 radical (unpaired) electrons. The number of carbonyl (C=O) groups is 4. The van der Waals surface area contributed by atoms with E-state index in [-0.39, 0.29) is 24.1 Å². The summed E-state index contributed by atoms with van der Waals surface area (Å²) < 4.78 is 39.0. The normalized spacial score (nSPS) is 21.1. The van der Waals surface area contributed by atoms with Gasteiger partial charge in [-0.2, -0.15) is 5.26 Å². The monoisotopic (exact) mass is 593 g/mol. The standard InChI is InChI=1S/C29H27N3O11/c1-15(33)37-14-23-24(38-16(2)34)25(39-17(3)35)26(40-18(4)36)29(42-23)41-22-10-8-20(9-11-22)27-31-32-28(43-27)21-7-5-6-19(12-21)13-30/h5-12,23-26,29H,14H2,1-4H3/t23-,24-,25+,26-,29-/m1/s1. The molecule has 1 aliphatic heterocycles. The van der Waals surface area contributed by atoms with Crippen LogP contribution in [0.4, 0.5) is 0 Å². The molecule has 2 heterocycles. The molecule has 14 nitrogen and oxygen atoms in total. The average Bonchev–Trinajstić information content (AvgIpc) is 3.45. The minimum Gasteiger partial charge on any atom is -0.463 e. The minimum atomic E-state index is -1.38. The fraction of sp³-hybridized carbons (Fsp3) is 0.345. The van der Waals surface area contributed by atoms with Crippen LogP contribution >= 0.6 is 0 Å². The van der Waals surface area contributed by atoms with Crippen LogP contribution in [0, 0.1) is 11.3 Å². The van der Waals surface area contributed by atoms with Crippen molar-refractivity contribution in [2.45, 2.75) is 58.4 Å². The summed E-state index contributed by atoms with van der Waals surface area (Å²) in [5, 5.41) is 17.3. The van der Waals surface area contributed by atoms with Crippen LogP contribution < -0.4 is 4.74 Å². The number of hydrogen-bond acceptors (Lipinski definition) is 14. The molecule has 0 unspecified atom stereocenters. The number of aromatic nitrogens is 2. The van der Waals surface area contributed by atoms with E-state index in [1.54, 1.807) is 48.5 Å². The first-order valence-electron chi connectivity index (χ1n) is 13.0. The van der Waals surface area contributed by atoms with Gasteiger partial charge in [0, 0.05) is 38.8 Å². The topological polar surface area (TPSA) is 186 Å². The van der Waals surface area contributed by atoms with Gasteiger partial charge in [0.15, 0.2) is 12.2 Å². The largest absolute Gasteiger partial charge is 0.463 e. The van der Waals surface area contributed by atoms with E-state index in [9.17, 15) is 19.2 Å². The zero-order chi connectivity index (χ0) is 31.1. The first kappa shape index (κ1) is 30.7. The molecule has 1 aromatic heterocycles. The summed E-state index contributed by atoms with van der Waals surface area (Å²) in [6.07, 6.45) is -6.56.